The van der Waals surface area contributed by atoms with Gasteiger partial charge in [-0.2, -0.15) is 0 Å². The molecule has 0 atom stereocenters. The van der Waals surface area contributed by atoms with Gasteiger partial charge in [0.05, 0.1) is 0 Å². The Bertz CT molecular complexity index is 742. The topological polar surface area (TPSA) is 17.0 Å². The van der Waals surface area contributed by atoms with Gasteiger partial charge in [-0.15, -0.1) is 9.13 Å². The third-order valence-electron chi connectivity index (χ3n) is 7.50. The van der Waals surface area contributed by atoms with Crippen LogP contribution in [-0.2, 0) is 17.6 Å². The Kier molecular flexibility index (Phi) is 18.1. The minimum Gasteiger partial charge on any atom is -0.367 e. The Labute approximate surface area is 229 Å². The molecule has 37 heavy (non-hydrogen) atoms. The van der Waals surface area contributed by atoms with Crippen molar-refractivity contribution in [2.75, 3.05) is 13.2 Å². The molecule has 0 fully saturated rings. The molecule has 0 aliphatic heterocycles. The first-order valence-corrected chi connectivity index (χ1v) is 15.6. The van der Waals surface area contributed by atoms with Crippen molar-refractivity contribution in [3.05, 3.63) is 67.1 Å². The molecule has 0 aromatic carbocycles. The van der Waals surface area contributed by atoms with E-state index in [4.69, 9.17) is 4.74 Å². The number of rotatable bonds is 23. The molecular weight excluding hydrogens is 452 g/mol. The van der Waals surface area contributed by atoms with Crippen molar-refractivity contribution >= 4 is 0 Å². The Hall–Kier alpha value is -1.74. The highest BCUT2D eigenvalue weighted by atomic mass is 16.5. The van der Waals surface area contributed by atoms with Gasteiger partial charge >= 0.3 is 6.17 Å². The predicted octanol–water partition coefficient (Wildman–Crippen LogP) is 8.53. The van der Waals surface area contributed by atoms with Crippen LogP contribution in [0.15, 0.2) is 49.1 Å². The van der Waals surface area contributed by atoms with Crippen molar-refractivity contribution in [2.24, 2.45) is 0 Å². The number of aromatic nitrogens is 2. The molecule has 0 N–H and O–H groups in total. The maximum absolute atomic E-state index is 5.84. The van der Waals surface area contributed by atoms with Crippen LogP contribution >= 0.6 is 0 Å². The third-order valence-corrected chi connectivity index (χ3v) is 7.50. The molecule has 0 bridgehead atoms. The summed E-state index contributed by atoms with van der Waals surface area (Å²) in [5, 5.41) is 0. The van der Waals surface area contributed by atoms with Gasteiger partial charge in [0.1, 0.15) is 0 Å². The van der Waals surface area contributed by atoms with Crippen LogP contribution in [0.1, 0.15) is 134 Å². The highest BCUT2D eigenvalue weighted by Gasteiger charge is 2.28. The summed E-state index contributed by atoms with van der Waals surface area (Å²) in [6.07, 6.45) is 33.3. The van der Waals surface area contributed by atoms with E-state index in [1.54, 1.807) is 0 Å². The Morgan fingerprint density at radius 3 is 1.43 bits per heavy atom. The zero-order chi connectivity index (χ0) is 26.4. The van der Waals surface area contributed by atoms with Gasteiger partial charge in [-0.3, -0.25) is 0 Å². The van der Waals surface area contributed by atoms with Crippen LogP contribution < -0.4 is 9.13 Å². The molecule has 2 rings (SSSR count). The fourth-order valence-electron chi connectivity index (χ4n) is 5.19. The molecule has 0 unspecified atom stereocenters. The van der Waals surface area contributed by atoms with Gasteiger partial charge in [-0.05, 0) is 44.7 Å². The maximum Gasteiger partial charge on any atom is 0.375 e. The van der Waals surface area contributed by atoms with Gasteiger partial charge in [-0.1, -0.05) is 104 Å². The van der Waals surface area contributed by atoms with Crippen molar-refractivity contribution in [2.45, 2.75) is 136 Å². The molecule has 2 aromatic heterocycles. The summed E-state index contributed by atoms with van der Waals surface area (Å²) in [4.78, 5) is 0. The second-order valence-corrected chi connectivity index (χ2v) is 10.8. The van der Waals surface area contributed by atoms with Gasteiger partial charge in [-0.25, -0.2) is 0 Å². The predicted molar refractivity (Wildman–Crippen MR) is 157 cm³/mol. The minimum absolute atomic E-state index is 0.110. The molecule has 0 saturated carbocycles. The average Bonchev–Trinajstić information content (AvgIpc) is 2.92. The van der Waals surface area contributed by atoms with Crippen molar-refractivity contribution < 1.29 is 13.9 Å². The van der Waals surface area contributed by atoms with E-state index < -0.39 is 0 Å². The average molecular weight is 510 g/mol. The van der Waals surface area contributed by atoms with E-state index >= 15 is 0 Å². The first-order valence-electron chi connectivity index (χ1n) is 15.6. The van der Waals surface area contributed by atoms with Crippen LogP contribution in [0.25, 0.3) is 0 Å². The van der Waals surface area contributed by atoms with Crippen LogP contribution in [0.2, 0.25) is 0 Å². The van der Waals surface area contributed by atoms with Crippen molar-refractivity contribution in [3.8, 4) is 0 Å². The summed E-state index contributed by atoms with van der Waals surface area (Å²) in [6, 6.07) is 8.95. The number of pyridine rings is 2. The quantitative estimate of drug-likeness (QED) is 0.108. The maximum atomic E-state index is 5.84. The Balaban J connectivity index is 1.88. The molecule has 207 valence electrons. The van der Waals surface area contributed by atoms with E-state index in [1.807, 2.05) is 0 Å². The number of unbranched alkanes of at least 4 members (excludes halogenated alkanes) is 14. The third kappa shape index (κ3) is 14.1. The molecule has 1 radical (unpaired) electrons. The van der Waals surface area contributed by atoms with Crippen LogP contribution in [0.3, 0.4) is 0 Å². The number of hydrogen-bond donors (Lipinski definition) is 0. The summed E-state index contributed by atoms with van der Waals surface area (Å²) < 4.78 is 10.5. The van der Waals surface area contributed by atoms with Crippen molar-refractivity contribution in [3.63, 3.8) is 0 Å². The standard InChI is InChI=1S/C34H57N2O/c1-4-7-9-11-13-15-17-19-23-32-25-21-27-35(29-32)34(31-37-6-3)36-28-22-26-33(30-36)24-20-18-16-14-12-10-8-5-2/h21-22,25-30,34H,3-20,23-24,31H2,1-2H3/q+2. The monoisotopic (exact) mass is 509 g/mol. The fraction of sp³-hybridized carbons (Fsp3) is 0.676. The Morgan fingerprint density at radius 2 is 1.03 bits per heavy atom. The molecule has 2 aromatic rings. The normalized spacial score (nSPS) is 11.5. The van der Waals surface area contributed by atoms with Gasteiger partial charge in [0.15, 0.2) is 31.4 Å². The minimum atomic E-state index is 0.110. The lowest BCUT2D eigenvalue weighted by Crippen LogP contribution is -2.59. The van der Waals surface area contributed by atoms with Crippen molar-refractivity contribution in [1.29, 1.82) is 0 Å². The molecule has 3 heteroatoms. The van der Waals surface area contributed by atoms with Crippen molar-refractivity contribution in [1.82, 2.24) is 0 Å². The van der Waals surface area contributed by atoms with E-state index in [2.05, 4.69) is 79.0 Å². The van der Waals surface area contributed by atoms with Gasteiger partial charge < -0.3 is 4.74 Å². The first-order chi connectivity index (χ1) is 18.3. The molecule has 0 aliphatic rings. The largest absolute Gasteiger partial charge is 0.375 e. The summed E-state index contributed by atoms with van der Waals surface area (Å²) in [7, 11) is 0. The number of aryl methyl sites for hydroxylation is 2. The van der Waals surface area contributed by atoms with Crippen LogP contribution in [-0.4, -0.2) is 13.2 Å². The van der Waals surface area contributed by atoms with Crippen LogP contribution in [0.5, 0.6) is 0 Å². The fourth-order valence-corrected chi connectivity index (χ4v) is 5.19. The molecule has 3 nitrogen and oxygen atoms in total. The lowest BCUT2D eigenvalue weighted by molar-refractivity contribution is -0.946. The van der Waals surface area contributed by atoms with Gasteiger partial charge in [0.2, 0.25) is 0 Å². The van der Waals surface area contributed by atoms with E-state index in [0.29, 0.717) is 13.2 Å². The van der Waals surface area contributed by atoms with E-state index in [9.17, 15) is 0 Å². The highest BCUT2D eigenvalue weighted by Crippen LogP contribution is 2.12. The van der Waals surface area contributed by atoms with E-state index in [-0.39, 0.29) is 6.17 Å². The zero-order valence-electron chi connectivity index (χ0n) is 24.3. The van der Waals surface area contributed by atoms with Gasteiger partial charge in [0, 0.05) is 29.9 Å². The van der Waals surface area contributed by atoms with Gasteiger partial charge in [0.25, 0.3) is 0 Å². The SMILES string of the molecule is [CH2]COCC([n+]1cccc(CCCCCCCCCC)c1)[n+]1cccc(CCCCCCCCCC)c1. The lowest BCUT2D eigenvalue weighted by atomic mass is 10.0. The second-order valence-electron chi connectivity index (χ2n) is 10.8. The molecule has 0 saturated heterocycles. The molecule has 0 amide bonds. The molecule has 0 spiro atoms. The van der Waals surface area contributed by atoms with E-state index in [0.717, 1.165) is 12.8 Å². The number of hydrogen-bond acceptors (Lipinski definition) is 1. The summed E-state index contributed by atoms with van der Waals surface area (Å²) in [5.74, 6) is 0. The molecular formula is C34H57N2O+2. The molecule has 0 aliphatic carbocycles. The first kappa shape index (κ1) is 31.5. The van der Waals surface area contributed by atoms with Crippen LogP contribution in [0, 0.1) is 6.92 Å². The lowest BCUT2D eigenvalue weighted by Gasteiger charge is -2.10. The summed E-state index contributed by atoms with van der Waals surface area (Å²) >= 11 is 0. The van der Waals surface area contributed by atoms with Crippen LogP contribution in [0.4, 0.5) is 0 Å². The zero-order valence-corrected chi connectivity index (χ0v) is 24.3. The number of nitrogens with zero attached hydrogens (tertiary/aromatic N) is 2. The Morgan fingerprint density at radius 1 is 0.622 bits per heavy atom. The summed E-state index contributed by atoms with van der Waals surface area (Å²) in [5.41, 5.74) is 2.84. The smallest absolute Gasteiger partial charge is 0.367 e. The number of ether oxygens (including phenoxy) is 1. The second kappa shape index (κ2) is 21.2. The highest BCUT2D eigenvalue weighted by molar-refractivity contribution is 5.06. The molecule has 2 heterocycles. The summed E-state index contributed by atoms with van der Waals surface area (Å²) in [6.45, 7) is 9.60. The van der Waals surface area contributed by atoms with E-state index in [1.165, 1.54) is 114 Å².